The first-order chi connectivity index (χ1) is 11.7. The molecule has 120 valence electrons. The van der Waals surface area contributed by atoms with Crippen molar-refractivity contribution >= 4 is 28.4 Å². The Labute approximate surface area is 132 Å². The predicted octanol–water partition coefficient (Wildman–Crippen LogP) is 2.96. The van der Waals surface area contributed by atoms with Gasteiger partial charge in [-0.2, -0.15) is 4.98 Å². The lowest BCUT2D eigenvalue weighted by molar-refractivity contribution is 0.174. The van der Waals surface area contributed by atoms with Crippen LogP contribution in [0, 0.1) is 11.6 Å². The summed E-state index contributed by atoms with van der Waals surface area (Å²) in [5.41, 5.74) is 1.39. The number of aromatic amines is 1. The molecule has 0 aliphatic carbocycles. The molecule has 0 saturated heterocycles. The van der Waals surface area contributed by atoms with E-state index in [1.807, 2.05) is 0 Å². The zero-order valence-electron chi connectivity index (χ0n) is 12.0. The van der Waals surface area contributed by atoms with Crippen molar-refractivity contribution in [2.24, 2.45) is 0 Å². The summed E-state index contributed by atoms with van der Waals surface area (Å²) in [6.07, 6.45) is 0. The highest BCUT2D eigenvalue weighted by molar-refractivity contribution is 5.83. The Hall–Kier alpha value is -3.36. The molecule has 5 rings (SSSR count). The maximum atomic E-state index is 13.7. The molecule has 0 bridgehead atoms. The maximum Gasteiger partial charge on any atom is 0.253 e. The van der Waals surface area contributed by atoms with Crippen LogP contribution in [0.25, 0.3) is 16.8 Å². The van der Waals surface area contributed by atoms with Crippen molar-refractivity contribution in [3.63, 3.8) is 0 Å². The number of nitrogens with one attached hydrogen (secondary N) is 2. The van der Waals surface area contributed by atoms with E-state index in [9.17, 15) is 8.78 Å². The second kappa shape index (κ2) is 4.57. The van der Waals surface area contributed by atoms with E-state index in [0.717, 1.165) is 23.7 Å². The number of ether oxygens (including phenoxy) is 2. The number of rotatable bonds is 2. The fourth-order valence-corrected chi connectivity index (χ4v) is 2.65. The number of halogens is 2. The molecule has 9 heteroatoms. The average Bonchev–Trinajstić information content (AvgIpc) is 3.23. The van der Waals surface area contributed by atoms with Crippen LogP contribution in [-0.2, 0) is 0 Å². The summed E-state index contributed by atoms with van der Waals surface area (Å²) in [5, 5.41) is 5.66. The number of H-pyrrole nitrogens is 1. The first-order valence-corrected chi connectivity index (χ1v) is 7.07. The number of hydrogen-bond acceptors (Lipinski definition) is 5. The average molecular weight is 329 g/mol. The fraction of sp³-hybridized carbons (Fsp3) is 0.0667. The van der Waals surface area contributed by atoms with Gasteiger partial charge >= 0.3 is 0 Å². The van der Waals surface area contributed by atoms with Crippen molar-refractivity contribution in [1.82, 2.24) is 19.6 Å². The minimum absolute atomic E-state index is 0.0195. The molecule has 2 aromatic carbocycles. The monoisotopic (exact) mass is 329 g/mol. The number of benzene rings is 2. The molecule has 1 aliphatic heterocycles. The van der Waals surface area contributed by atoms with Crippen LogP contribution in [0.5, 0.6) is 11.5 Å². The number of anilines is 2. The fourth-order valence-electron chi connectivity index (χ4n) is 2.65. The van der Waals surface area contributed by atoms with E-state index in [0.29, 0.717) is 22.8 Å². The van der Waals surface area contributed by atoms with Crippen LogP contribution in [0.1, 0.15) is 0 Å². The molecule has 0 atom stereocenters. The Balaban J connectivity index is 1.59. The smallest absolute Gasteiger partial charge is 0.253 e. The van der Waals surface area contributed by atoms with E-state index >= 15 is 0 Å². The van der Waals surface area contributed by atoms with Gasteiger partial charge in [0, 0.05) is 18.2 Å². The van der Waals surface area contributed by atoms with Crippen LogP contribution in [0.4, 0.5) is 20.4 Å². The van der Waals surface area contributed by atoms with Crippen molar-refractivity contribution in [1.29, 1.82) is 0 Å². The molecule has 7 nitrogen and oxygen atoms in total. The largest absolute Gasteiger partial charge is 0.454 e. The normalized spacial score (nSPS) is 13.1. The number of aromatic nitrogens is 4. The lowest BCUT2D eigenvalue weighted by Crippen LogP contribution is -1.97. The Morgan fingerprint density at radius 2 is 1.92 bits per heavy atom. The highest BCUT2D eigenvalue weighted by Gasteiger charge is 2.18. The predicted molar refractivity (Wildman–Crippen MR) is 80.6 cm³/mol. The van der Waals surface area contributed by atoms with E-state index in [2.05, 4.69) is 20.4 Å². The van der Waals surface area contributed by atoms with Crippen molar-refractivity contribution in [2.45, 2.75) is 0 Å². The van der Waals surface area contributed by atoms with Crippen molar-refractivity contribution < 1.29 is 18.3 Å². The molecular weight excluding hydrogens is 320 g/mol. The molecule has 4 aromatic rings. The van der Waals surface area contributed by atoms with Gasteiger partial charge in [-0.05, 0) is 12.1 Å². The van der Waals surface area contributed by atoms with Gasteiger partial charge < -0.3 is 14.8 Å². The molecule has 0 fully saturated rings. The Kier molecular flexibility index (Phi) is 2.50. The molecule has 1 aliphatic rings. The van der Waals surface area contributed by atoms with Crippen LogP contribution < -0.4 is 14.8 Å². The van der Waals surface area contributed by atoms with Crippen molar-refractivity contribution in [3.05, 3.63) is 42.0 Å². The minimum atomic E-state index is -0.585. The van der Waals surface area contributed by atoms with Gasteiger partial charge in [0.1, 0.15) is 11.6 Å². The minimum Gasteiger partial charge on any atom is -0.454 e. The number of hydrogen-bond donors (Lipinski definition) is 2. The molecular formula is C15H9F2N5O2. The lowest BCUT2D eigenvalue weighted by atomic mass is 10.3. The van der Waals surface area contributed by atoms with Gasteiger partial charge in [-0.25, -0.2) is 18.3 Å². The SMILES string of the molecule is Fc1ccc(F)c(Nc2nc3nc4cc5c(cc4n3[nH]2)OCO5)c1. The summed E-state index contributed by atoms with van der Waals surface area (Å²) < 4.78 is 39.3. The van der Waals surface area contributed by atoms with Crippen LogP contribution >= 0.6 is 0 Å². The van der Waals surface area contributed by atoms with Crippen LogP contribution in [0.15, 0.2) is 30.3 Å². The van der Waals surface area contributed by atoms with E-state index in [1.54, 1.807) is 16.6 Å². The second-order valence-electron chi connectivity index (χ2n) is 5.26. The second-order valence-corrected chi connectivity index (χ2v) is 5.26. The van der Waals surface area contributed by atoms with Crippen LogP contribution in [0.3, 0.4) is 0 Å². The standard InChI is InChI=1S/C15H9F2N5O2/c16-7-1-2-8(17)9(3-7)18-14-20-15-19-10-4-12-13(24-6-23-12)5-11(10)22(15)21-14/h1-5H,6H2,(H2,18,19,20,21). The van der Waals surface area contributed by atoms with E-state index < -0.39 is 11.6 Å². The highest BCUT2D eigenvalue weighted by Crippen LogP contribution is 2.36. The van der Waals surface area contributed by atoms with Crippen LogP contribution in [0.2, 0.25) is 0 Å². The van der Waals surface area contributed by atoms with Gasteiger partial charge in [0.15, 0.2) is 11.5 Å². The van der Waals surface area contributed by atoms with E-state index in [1.165, 1.54) is 0 Å². The Morgan fingerprint density at radius 1 is 1.08 bits per heavy atom. The summed E-state index contributed by atoms with van der Waals surface area (Å²) in [6, 6.07) is 6.69. The summed E-state index contributed by atoms with van der Waals surface area (Å²) in [5.74, 6) is 0.731. The number of nitrogens with zero attached hydrogens (tertiary/aromatic N) is 3. The summed E-state index contributed by atoms with van der Waals surface area (Å²) >= 11 is 0. The summed E-state index contributed by atoms with van der Waals surface area (Å²) in [7, 11) is 0. The molecule has 24 heavy (non-hydrogen) atoms. The van der Waals surface area contributed by atoms with Gasteiger partial charge in [-0.1, -0.05) is 0 Å². The molecule has 0 unspecified atom stereocenters. The quantitative estimate of drug-likeness (QED) is 0.591. The third-order valence-electron chi connectivity index (χ3n) is 3.74. The first kappa shape index (κ1) is 13.1. The van der Waals surface area contributed by atoms with E-state index in [-0.39, 0.29) is 18.4 Å². The third-order valence-corrected chi connectivity index (χ3v) is 3.74. The van der Waals surface area contributed by atoms with Crippen LogP contribution in [-0.4, -0.2) is 26.4 Å². The van der Waals surface area contributed by atoms with Crippen molar-refractivity contribution in [2.75, 3.05) is 12.1 Å². The molecule has 2 N–H and O–H groups in total. The molecule has 0 radical (unpaired) electrons. The zero-order valence-corrected chi connectivity index (χ0v) is 12.0. The zero-order chi connectivity index (χ0) is 16.3. The van der Waals surface area contributed by atoms with Gasteiger partial charge in [0.25, 0.3) is 5.78 Å². The maximum absolute atomic E-state index is 13.7. The molecule has 0 spiro atoms. The van der Waals surface area contributed by atoms with Gasteiger partial charge in [0.05, 0.1) is 16.7 Å². The summed E-state index contributed by atoms with van der Waals surface area (Å²) in [4.78, 5) is 8.61. The highest BCUT2D eigenvalue weighted by atomic mass is 19.1. The topological polar surface area (TPSA) is 76.5 Å². The Morgan fingerprint density at radius 3 is 2.79 bits per heavy atom. The van der Waals surface area contributed by atoms with Gasteiger partial charge in [0.2, 0.25) is 12.7 Å². The van der Waals surface area contributed by atoms with Gasteiger partial charge in [-0.15, -0.1) is 0 Å². The number of imidazole rings is 1. The first-order valence-electron chi connectivity index (χ1n) is 7.07. The molecule has 2 aromatic heterocycles. The lowest BCUT2D eigenvalue weighted by Gasteiger charge is -2.03. The molecule has 3 heterocycles. The molecule has 0 amide bonds. The third kappa shape index (κ3) is 1.87. The molecule has 0 saturated carbocycles. The van der Waals surface area contributed by atoms with E-state index in [4.69, 9.17) is 9.47 Å². The van der Waals surface area contributed by atoms with Gasteiger partial charge in [-0.3, -0.25) is 5.10 Å². The Bertz CT molecular complexity index is 1100. The summed E-state index contributed by atoms with van der Waals surface area (Å²) in [6.45, 7) is 0.171. The number of fused-ring (bicyclic) bond motifs is 4. The van der Waals surface area contributed by atoms with Crippen molar-refractivity contribution in [3.8, 4) is 11.5 Å².